The Bertz CT molecular complexity index is 792. The quantitative estimate of drug-likeness (QED) is 0.757. The molecule has 2 heterocycles. The fraction of sp³-hybridized carbons (Fsp3) is 0.214. The molecular formula is C14H13F2N5O. The Balaban J connectivity index is 1.65. The van der Waals surface area contributed by atoms with Crippen LogP contribution in [-0.4, -0.2) is 32.8 Å². The van der Waals surface area contributed by atoms with E-state index in [1.54, 1.807) is 6.20 Å². The van der Waals surface area contributed by atoms with Crippen LogP contribution < -0.4 is 10.1 Å². The molecule has 0 aliphatic rings. The van der Waals surface area contributed by atoms with E-state index in [0.717, 1.165) is 17.5 Å². The number of anilines is 1. The van der Waals surface area contributed by atoms with Gasteiger partial charge in [-0.2, -0.15) is 5.10 Å². The van der Waals surface area contributed by atoms with Crippen LogP contribution in [0.1, 0.15) is 6.92 Å². The van der Waals surface area contributed by atoms with Crippen LogP contribution >= 0.6 is 0 Å². The van der Waals surface area contributed by atoms with Crippen molar-refractivity contribution in [2.24, 2.45) is 0 Å². The summed E-state index contributed by atoms with van der Waals surface area (Å²) in [6, 6.07) is 3.04. The first-order valence-electron chi connectivity index (χ1n) is 6.62. The van der Waals surface area contributed by atoms with Crippen LogP contribution in [-0.2, 0) is 0 Å². The second-order valence-corrected chi connectivity index (χ2v) is 4.79. The lowest BCUT2D eigenvalue weighted by Gasteiger charge is -2.16. The van der Waals surface area contributed by atoms with Crippen LogP contribution in [0.5, 0.6) is 5.75 Å². The minimum Gasteiger partial charge on any atom is -0.488 e. The summed E-state index contributed by atoms with van der Waals surface area (Å²) in [6.07, 6.45) is 3.03. The number of aromatic nitrogens is 4. The number of nitrogens with one attached hydrogen (secondary N) is 2. The maximum Gasteiger partial charge on any atom is 0.167 e. The SMILES string of the molecule is CC(COc1ccc(F)cc1F)Nc1ncnc2[nH]ncc12. The first-order valence-corrected chi connectivity index (χ1v) is 6.62. The van der Waals surface area contributed by atoms with E-state index in [0.29, 0.717) is 11.5 Å². The summed E-state index contributed by atoms with van der Waals surface area (Å²) in [4.78, 5) is 8.18. The van der Waals surface area contributed by atoms with E-state index in [-0.39, 0.29) is 18.4 Å². The molecule has 0 saturated heterocycles. The Kier molecular flexibility index (Phi) is 3.82. The lowest BCUT2D eigenvalue weighted by atomic mass is 10.3. The van der Waals surface area contributed by atoms with Crippen LogP contribution in [0.15, 0.2) is 30.7 Å². The molecular weight excluding hydrogens is 292 g/mol. The molecule has 1 unspecified atom stereocenters. The molecule has 0 saturated carbocycles. The summed E-state index contributed by atoms with van der Waals surface area (Å²) in [7, 11) is 0. The maximum absolute atomic E-state index is 13.5. The molecule has 1 atom stereocenters. The predicted octanol–water partition coefficient (Wildman–Crippen LogP) is 2.51. The molecule has 114 valence electrons. The molecule has 3 rings (SSSR count). The van der Waals surface area contributed by atoms with Crippen molar-refractivity contribution >= 4 is 16.9 Å². The third-order valence-corrected chi connectivity index (χ3v) is 3.01. The molecule has 2 aromatic heterocycles. The Morgan fingerprint density at radius 3 is 3.00 bits per heavy atom. The number of benzene rings is 1. The third kappa shape index (κ3) is 2.95. The number of halogens is 2. The van der Waals surface area contributed by atoms with E-state index >= 15 is 0 Å². The van der Waals surface area contributed by atoms with Crippen LogP contribution in [0.3, 0.4) is 0 Å². The zero-order valence-electron chi connectivity index (χ0n) is 11.7. The second kappa shape index (κ2) is 5.92. The Labute approximate surface area is 124 Å². The Morgan fingerprint density at radius 1 is 1.32 bits per heavy atom. The van der Waals surface area contributed by atoms with Crippen LogP contribution in [0.4, 0.5) is 14.6 Å². The summed E-state index contributed by atoms with van der Waals surface area (Å²) in [6.45, 7) is 2.04. The van der Waals surface area contributed by atoms with E-state index in [9.17, 15) is 8.78 Å². The molecule has 0 amide bonds. The van der Waals surface area contributed by atoms with Gasteiger partial charge in [0.1, 0.15) is 24.6 Å². The minimum absolute atomic E-state index is 0.00574. The highest BCUT2D eigenvalue weighted by molar-refractivity contribution is 5.85. The molecule has 0 aliphatic heterocycles. The van der Waals surface area contributed by atoms with Crippen LogP contribution in [0, 0.1) is 11.6 Å². The van der Waals surface area contributed by atoms with Crippen molar-refractivity contribution in [2.45, 2.75) is 13.0 Å². The number of hydrogen-bond donors (Lipinski definition) is 2. The average molecular weight is 305 g/mol. The van der Waals surface area contributed by atoms with Gasteiger partial charge in [-0.3, -0.25) is 5.10 Å². The first kappa shape index (κ1) is 14.2. The summed E-state index contributed by atoms with van der Waals surface area (Å²) in [5, 5.41) is 10.5. The normalized spacial score (nSPS) is 12.3. The smallest absolute Gasteiger partial charge is 0.167 e. The van der Waals surface area contributed by atoms with Crippen molar-refractivity contribution in [3.05, 3.63) is 42.4 Å². The molecule has 0 spiro atoms. The molecule has 22 heavy (non-hydrogen) atoms. The van der Waals surface area contributed by atoms with E-state index in [1.807, 2.05) is 6.92 Å². The van der Waals surface area contributed by atoms with E-state index in [1.165, 1.54) is 12.4 Å². The fourth-order valence-corrected chi connectivity index (χ4v) is 1.96. The number of fused-ring (bicyclic) bond motifs is 1. The molecule has 3 aromatic rings. The second-order valence-electron chi connectivity index (χ2n) is 4.79. The van der Waals surface area contributed by atoms with Gasteiger partial charge in [0.2, 0.25) is 0 Å². The number of rotatable bonds is 5. The van der Waals surface area contributed by atoms with Crippen molar-refractivity contribution in [3.63, 3.8) is 0 Å². The molecule has 0 bridgehead atoms. The molecule has 2 N–H and O–H groups in total. The molecule has 0 radical (unpaired) electrons. The van der Waals surface area contributed by atoms with Gasteiger partial charge in [-0.1, -0.05) is 0 Å². The van der Waals surface area contributed by atoms with Crippen molar-refractivity contribution < 1.29 is 13.5 Å². The standard InChI is InChI=1S/C14H13F2N5O/c1-8(6-22-12-3-2-9(15)4-11(12)16)20-13-10-5-19-21-14(10)18-7-17-13/h2-5,7-8H,6H2,1H3,(H2,17,18,19,20,21). The molecule has 0 fully saturated rings. The molecule has 6 nitrogen and oxygen atoms in total. The monoisotopic (exact) mass is 305 g/mol. The number of aromatic amines is 1. The van der Waals surface area contributed by atoms with E-state index in [4.69, 9.17) is 4.74 Å². The number of H-pyrrole nitrogens is 1. The number of ether oxygens (including phenoxy) is 1. The van der Waals surface area contributed by atoms with Gasteiger partial charge in [0.25, 0.3) is 0 Å². The van der Waals surface area contributed by atoms with Gasteiger partial charge in [-0.05, 0) is 19.1 Å². The number of nitrogens with zero attached hydrogens (tertiary/aromatic N) is 3. The Morgan fingerprint density at radius 2 is 2.18 bits per heavy atom. The van der Waals surface area contributed by atoms with E-state index < -0.39 is 11.6 Å². The van der Waals surface area contributed by atoms with E-state index in [2.05, 4.69) is 25.5 Å². The topological polar surface area (TPSA) is 75.7 Å². The number of hydrogen-bond acceptors (Lipinski definition) is 5. The van der Waals surface area contributed by atoms with Crippen molar-refractivity contribution in [2.75, 3.05) is 11.9 Å². The molecule has 1 aromatic carbocycles. The minimum atomic E-state index is -0.730. The average Bonchev–Trinajstić information content (AvgIpc) is 2.96. The van der Waals surface area contributed by atoms with Gasteiger partial charge in [-0.15, -0.1) is 0 Å². The lowest BCUT2D eigenvalue weighted by molar-refractivity contribution is 0.288. The zero-order valence-corrected chi connectivity index (χ0v) is 11.7. The molecule has 0 aliphatic carbocycles. The van der Waals surface area contributed by atoms with Gasteiger partial charge in [-0.25, -0.2) is 18.7 Å². The zero-order chi connectivity index (χ0) is 15.5. The first-order chi connectivity index (χ1) is 10.6. The molecule has 8 heteroatoms. The third-order valence-electron chi connectivity index (χ3n) is 3.01. The van der Waals surface area contributed by atoms with Gasteiger partial charge in [0.05, 0.1) is 17.6 Å². The lowest BCUT2D eigenvalue weighted by Crippen LogP contribution is -2.24. The van der Waals surface area contributed by atoms with Gasteiger partial charge < -0.3 is 10.1 Å². The van der Waals surface area contributed by atoms with Crippen LogP contribution in [0.2, 0.25) is 0 Å². The maximum atomic E-state index is 13.5. The predicted molar refractivity (Wildman–Crippen MR) is 76.6 cm³/mol. The Hall–Kier alpha value is -2.77. The van der Waals surface area contributed by atoms with Gasteiger partial charge >= 0.3 is 0 Å². The van der Waals surface area contributed by atoms with Crippen molar-refractivity contribution in [3.8, 4) is 5.75 Å². The summed E-state index contributed by atoms with van der Waals surface area (Å²) >= 11 is 0. The highest BCUT2D eigenvalue weighted by Crippen LogP contribution is 2.19. The summed E-state index contributed by atoms with van der Waals surface area (Å²) < 4.78 is 31.6. The summed E-state index contributed by atoms with van der Waals surface area (Å²) in [5.41, 5.74) is 0.621. The summed E-state index contributed by atoms with van der Waals surface area (Å²) in [5.74, 6) is -0.758. The van der Waals surface area contributed by atoms with Crippen molar-refractivity contribution in [1.82, 2.24) is 20.2 Å². The van der Waals surface area contributed by atoms with Crippen LogP contribution in [0.25, 0.3) is 11.0 Å². The highest BCUT2D eigenvalue weighted by atomic mass is 19.1. The highest BCUT2D eigenvalue weighted by Gasteiger charge is 2.11. The van der Waals surface area contributed by atoms with Gasteiger partial charge in [0.15, 0.2) is 17.2 Å². The largest absolute Gasteiger partial charge is 0.488 e. The van der Waals surface area contributed by atoms with Gasteiger partial charge in [0, 0.05) is 6.07 Å². The van der Waals surface area contributed by atoms with Crippen molar-refractivity contribution in [1.29, 1.82) is 0 Å². The fourth-order valence-electron chi connectivity index (χ4n) is 1.96.